The number of hydrogen-bond donors (Lipinski definition) is 1. The van der Waals surface area contributed by atoms with E-state index in [9.17, 15) is 13.2 Å². The molecule has 6 nitrogen and oxygen atoms in total. The quantitative estimate of drug-likeness (QED) is 0.452. The summed E-state index contributed by atoms with van der Waals surface area (Å²) in [5.74, 6) is -0.336. The van der Waals surface area contributed by atoms with Crippen LogP contribution in [0.3, 0.4) is 0 Å². The number of hydrogen-bond acceptors (Lipinski definition) is 4. The molecular formula is C24H25N3O3S. The lowest BCUT2D eigenvalue weighted by molar-refractivity contribution is 0.0955. The minimum Gasteiger partial charge on any atom is -0.267 e. The number of benzene rings is 3. The van der Waals surface area contributed by atoms with Gasteiger partial charge in [-0.3, -0.25) is 4.79 Å². The lowest BCUT2D eigenvalue weighted by Gasteiger charge is -2.17. The van der Waals surface area contributed by atoms with E-state index in [2.05, 4.69) is 10.5 Å². The van der Waals surface area contributed by atoms with Gasteiger partial charge in [0.05, 0.1) is 11.1 Å². The third kappa shape index (κ3) is 5.65. The van der Waals surface area contributed by atoms with E-state index in [1.807, 2.05) is 38.1 Å². The molecule has 0 heterocycles. The second-order valence-electron chi connectivity index (χ2n) is 7.33. The van der Waals surface area contributed by atoms with Crippen molar-refractivity contribution in [1.29, 1.82) is 0 Å². The van der Waals surface area contributed by atoms with E-state index >= 15 is 0 Å². The zero-order valence-electron chi connectivity index (χ0n) is 17.7. The first-order valence-electron chi connectivity index (χ1n) is 9.78. The number of carbonyl (C=O) groups is 1. The predicted octanol–water partition coefficient (Wildman–Crippen LogP) is 3.89. The van der Waals surface area contributed by atoms with E-state index in [0.717, 1.165) is 22.3 Å². The number of hydrazone groups is 1. The van der Waals surface area contributed by atoms with Crippen LogP contribution in [0.25, 0.3) is 0 Å². The molecule has 3 rings (SSSR count). The molecule has 0 radical (unpaired) electrons. The number of aryl methyl sites for hydroxylation is 2. The van der Waals surface area contributed by atoms with Crippen molar-refractivity contribution in [3.05, 3.63) is 101 Å². The Morgan fingerprint density at radius 1 is 0.968 bits per heavy atom. The predicted molar refractivity (Wildman–Crippen MR) is 123 cm³/mol. The third-order valence-corrected chi connectivity index (χ3v) is 6.73. The van der Waals surface area contributed by atoms with E-state index < -0.39 is 10.0 Å². The molecular weight excluding hydrogens is 410 g/mol. The van der Waals surface area contributed by atoms with Gasteiger partial charge in [0.25, 0.3) is 5.91 Å². The van der Waals surface area contributed by atoms with Gasteiger partial charge < -0.3 is 0 Å². The van der Waals surface area contributed by atoms with Gasteiger partial charge in [-0.05, 0) is 54.8 Å². The van der Waals surface area contributed by atoms with Crippen molar-refractivity contribution in [2.24, 2.45) is 5.10 Å². The molecule has 0 atom stereocenters. The highest BCUT2D eigenvalue weighted by Gasteiger charge is 2.20. The highest BCUT2D eigenvalue weighted by molar-refractivity contribution is 7.89. The van der Waals surface area contributed by atoms with Crippen LogP contribution in [0, 0.1) is 13.8 Å². The number of amides is 1. The Kier molecular flexibility index (Phi) is 6.99. The molecule has 0 aliphatic carbocycles. The maximum Gasteiger partial charge on any atom is 0.271 e. The highest BCUT2D eigenvalue weighted by Crippen LogP contribution is 2.17. The number of sulfonamides is 1. The van der Waals surface area contributed by atoms with Gasteiger partial charge in [-0.15, -0.1) is 0 Å². The van der Waals surface area contributed by atoms with E-state index in [1.165, 1.54) is 11.4 Å². The fraction of sp³-hybridized carbons (Fsp3) is 0.167. The third-order valence-electron chi connectivity index (χ3n) is 4.91. The topological polar surface area (TPSA) is 78.8 Å². The summed E-state index contributed by atoms with van der Waals surface area (Å²) in [6.07, 6.45) is 1.60. The number of carbonyl (C=O) groups excluding carboxylic acids is 1. The van der Waals surface area contributed by atoms with Gasteiger partial charge in [-0.25, -0.2) is 13.8 Å². The first-order valence-corrected chi connectivity index (χ1v) is 11.2. The van der Waals surface area contributed by atoms with Gasteiger partial charge in [0, 0.05) is 19.2 Å². The molecule has 0 fully saturated rings. The van der Waals surface area contributed by atoms with Crippen molar-refractivity contribution in [3.63, 3.8) is 0 Å². The van der Waals surface area contributed by atoms with Crippen LogP contribution in [0.1, 0.15) is 32.6 Å². The van der Waals surface area contributed by atoms with Crippen LogP contribution in [0.5, 0.6) is 0 Å². The number of nitrogens with zero attached hydrogens (tertiary/aromatic N) is 2. The minimum absolute atomic E-state index is 0.198. The molecule has 3 aromatic rings. The average Bonchev–Trinajstić information content (AvgIpc) is 2.76. The van der Waals surface area contributed by atoms with Gasteiger partial charge in [-0.1, -0.05) is 54.1 Å². The molecule has 0 saturated heterocycles. The first kappa shape index (κ1) is 22.4. The lowest BCUT2D eigenvalue weighted by Crippen LogP contribution is -2.26. The van der Waals surface area contributed by atoms with Crippen LogP contribution in [-0.2, 0) is 16.6 Å². The second kappa shape index (κ2) is 9.68. The van der Waals surface area contributed by atoms with Gasteiger partial charge in [0.1, 0.15) is 0 Å². The fourth-order valence-electron chi connectivity index (χ4n) is 2.95. The Labute approximate surface area is 183 Å². The summed E-state index contributed by atoms with van der Waals surface area (Å²) < 4.78 is 26.7. The molecule has 0 aromatic heterocycles. The van der Waals surface area contributed by atoms with Crippen LogP contribution < -0.4 is 5.43 Å². The monoisotopic (exact) mass is 435 g/mol. The Morgan fingerprint density at radius 3 is 2.26 bits per heavy atom. The average molecular weight is 436 g/mol. The summed E-state index contributed by atoms with van der Waals surface area (Å²) in [7, 11) is -2.05. The molecule has 160 valence electrons. The lowest BCUT2D eigenvalue weighted by atomic mass is 10.1. The summed E-state index contributed by atoms with van der Waals surface area (Å²) in [6, 6.07) is 21.3. The van der Waals surface area contributed by atoms with Gasteiger partial charge in [-0.2, -0.15) is 9.41 Å². The summed E-state index contributed by atoms with van der Waals surface area (Å²) >= 11 is 0. The SMILES string of the molecule is Cc1ccc(S(=O)(=O)N(C)Cc2ccc(C(=O)N/N=C\c3ccccc3C)cc2)cc1. The summed E-state index contributed by atoms with van der Waals surface area (Å²) in [6.45, 7) is 4.08. The van der Waals surface area contributed by atoms with Crippen molar-refractivity contribution in [2.45, 2.75) is 25.3 Å². The number of rotatable bonds is 7. The molecule has 3 aromatic carbocycles. The molecule has 31 heavy (non-hydrogen) atoms. The molecule has 0 saturated carbocycles. The first-order chi connectivity index (χ1) is 14.8. The van der Waals surface area contributed by atoms with Crippen LogP contribution in [0.4, 0.5) is 0 Å². The van der Waals surface area contributed by atoms with Crippen LogP contribution >= 0.6 is 0 Å². The molecule has 0 bridgehead atoms. The maximum absolute atomic E-state index is 12.7. The maximum atomic E-state index is 12.7. The van der Waals surface area contributed by atoms with E-state index in [-0.39, 0.29) is 17.3 Å². The summed E-state index contributed by atoms with van der Waals surface area (Å²) in [5.41, 5.74) is 6.72. The van der Waals surface area contributed by atoms with Crippen LogP contribution in [0.15, 0.2) is 82.8 Å². The minimum atomic E-state index is -3.59. The molecule has 1 amide bonds. The van der Waals surface area contributed by atoms with Crippen molar-refractivity contribution in [1.82, 2.24) is 9.73 Å². The van der Waals surface area contributed by atoms with Crippen LogP contribution in [-0.4, -0.2) is 31.9 Å². The van der Waals surface area contributed by atoms with Gasteiger partial charge in [0.15, 0.2) is 0 Å². The van der Waals surface area contributed by atoms with Gasteiger partial charge >= 0.3 is 0 Å². The fourth-order valence-corrected chi connectivity index (χ4v) is 4.11. The standard InChI is InChI=1S/C24H25N3O3S/c1-18-8-14-23(15-9-18)31(29,30)27(3)17-20-10-12-21(13-11-20)24(28)26-25-16-22-7-5-4-6-19(22)2/h4-16H,17H2,1-3H3,(H,26,28)/b25-16-. The second-order valence-corrected chi connectivity index (χ2v) is 9.37. The van der Waals surface area contributed by atoms with Crippen LogP contribution in [0.2, 0.25) is 0 Å². The van der Waals surface area contributed by atoms with E-state index in [4.69, 9.17) is 0 Å². The Morgan fingerprint density at radius 2 is 1.61 bits per heavy atom. The molecule has 0 aliphatic rings. The molecule has 0 spiro atoms. The van der Waals surface area contributed by atoms with Crippen molar-refractivity contribution in [2.75, 3.05) is 7.05 Å². The Balaban J connectivity index is 1.62. The zero-order valence-corrected chi connectivity index (χ0v) is 18.6. The van der Waals surface area contributed by atoms with Crippen molar-refractivity contribution >= 4 is 22.1 Å². The van der Waals surface area contributed by atoms with Crippen molar-refractivity contribution in [3.8, 4) is 0 Å². The molecule has 0 unspecified atom stereocenters. The smallest absolute Gasteiger partial charge is 0.267 e. The largest absolute Gasteiger partial charge is 0.271 e. The van der Waals surface area contributed by atoms with Crippen molar-refractivity contribution < 1.29 is 13.2 Å². The molecule has 1 N–H and O–H groups in total. The highest BCUT2D eigenvalue weighted by atomic mass is 32.2. The van der Waals surface area contributed by atoms with E-state index in [0.29, 0.717) is 5.56 Å². The normalized spacial score (nSPS) is 11.7. The summed E-state index contributed by atoms with van der Waals surface area (Å²) in [4.78, 5) is 12.5. The molecule has 7 heteroatoms. The Bertz CT molecular complexity index is 1190. The van der Waals surface area contributed by atoms with E-state index in [1.54, 1.807) is 54.7 Å². The Hall–Kier alpha value is -3.29. The van der Waals surface area contributed by atoms with Gasteiger partial charge in [0.2, 0.25) is 10.0 Å². The summed E-state index contributed by atoms with van der Waals surface area (Å²) in [5, 5.41) is 4.01. The zero-order chi connectivity index (χ0) is 22.4. The number of nitrogens with one attached hydrogen (secondary N) is 1. The molecule has 0 aliphatic heterocycles.